The summed E-state index contributed by atoms with van der Waals surface area (Å²) in [5.41, 5.74) is 5.67. The first-order valence-electron chi connectivity index (χ1n) is 5.04. The second-order valence-electron chi connectivity index (χ2n) is 4.35. The number of aliphatic hydroxyl groups is 1. The summed E-state index contributed by atoms with van der Waals surface area (Å²) < 4.78 is 0. The first kappa shape index (κ1) is 10.0. The van der Waals surface area contributed by atoms with Crippen molar-refractivity contribution in [1.29, 1.82) is 0 Å². The van der Waals surface area contributed by atoms with E-state index in [-0.39, 0.29) is 12.0 Å². The summed E-state index contributed by atoms with van der Waals surface area (Å²) in [5, 5.41) is 9.26. The van der Waals surface area contributed by atoms with Gasteiger partial charge in [0.1, 0.15) is 0 Å². The van der Waals surface area contributed by atoms with Gasteiger partial charge in [-0.3, -0.25) is 0 Å². The van der Waals surface area contributed by atoms with Crippen molar-refractivity contribution < 1.29 is 5.11 Å². The van der Waals surface area contributed by atoms with Crippen LogP contribution in [-0.2, 0) is 0 Å². The van der Waals surface area contributed by atoms with E-state index < -0.39 is 0 Å². The maximum atomic E-state index is 9.26. The van der Waals surface area contributed by atoms with Crippen LogP contribution in [0.2, 0.25) is 0 Å². The van der Waals surface area contributed by atoms with Crippen LogP contribution in [0.15, 0.2) is 0 Å². The Labute approximate surface area is 75.2 Å². The predicted octanol–water partition coefficient (Wildman–Crippen LogP) is 1.52. The molecule has 12 heavy (non-hydrogen) atoms. The highest BCUT2D eigenvalue weighted by Gasteiger charge is 2.32. The van der Waals surface area contributed by atoms with E-state index in [4.69, 9.17) is 5.73 Å². The quantitative estimate of drug-likeness (QED) is 0.676. The van der Waals surface area contributed by atoms with E-state index >= 15 is 0 Å². The van der Waals surface area contributed by atoms with Gasteiger partial charge >= 0.3 is 0 Å². The number of rotatable bonds is 3. The maximum Gasteiger partial charge on any atom is 0.0499 e. The van der Waals surface area contributed by atoms with Gasteiger partial charge in [-0.25, -0.2) is 0 Å². The largest absolute Gasteiger partial charge is 0.396 e. The molecule has 0 radical (unpaired) electrons. The molecule has 1 rings (SSSR count). The van der Waals surface area contributed by atoms with Crippen LogP contribution in [-0.4, -0.2) is 18.3 Å². The van der Waals surface area contributed by atoms with Gasteiger partial charge < -0.3 is 10.8 Å². The topological polar surface area (TPSA) is 46.2 Å². The molecule has 0 aromatic rings. The van der Waals surface area contributed by atoms with Crippen LogP contribution in [0.4, 0.5) is 0 Å². The number of hydrogen-bond acceptors (Lipinski definition) is 2. The van der Waals surface area contributed by atoms with E-state index in [1.165, 1.54) is 32.1 Å². The first-order chi connectivity index (χ1) is 5.73. The molecule has 0 aromatic carbocycles. The molecular formula is C10H21NO. The summed E-state index contributed by atoms with van der Waals surface area (Å²) >= 11 is 0. The maximum absolute atomic E-state index is 9.26. The molecule has 0 aliphatic heterocycles. The minimum Gasteiger partial charge on any atom is -0.396 e. The van der Waals surface area contributed by atoms with E-state index in [2.05, 4.69) is 6.92 Å². The minimum atomic E-state index is -0.0135. The Balaban J connectivity index is 2.51. The highest BCUT2D eigenvalue weighted by molar-refractivity contribution is 4.84. The van der Waals surface area contributed by atoms with Crippen LogP contribution >= 0.6 is 0 Å². The zero-order valence-electron chi connectivity index (χ0n) is 8.05. The van der Waals surface area contributed by atoms with E-state index in [9.17, 15) is 5.11 Å². The van der Waals surface area contributed by atoms with Gasteiger partial charge in [0.05, 0.1) is 0 Å². The van der Waals surface area contributed by atoms with Crippen LogP contribution in [0.5, 0.6) is 0 Å². The Kier molecular flexibility index (Phi) is 3.53. The van der Waals surface area contributed by atoms with Crippen molar-refractivity contribution in [3.63, 3.8) is 0 Å². The Bertz CT molecular complexity index is 126. The van der Waals surface area contributed by atoms with Crippen molar-refractivity contribution in [3.8, 4) is 0 Å². The van der Waals surface area contributed by atoms with Crippen LogP contribution < -0.4 is 5.73 Å². The molecule has 2 nitrogen and oxygen atoms in total. The fraction of sp³-hybridized carbons (Fsp3) is 1.00. The molecule has 1 atom stereocenters. The molecule has 0 spiro atoms. The summed E-state index contributed by atoms with van der Waals surface area (Å²) in [6, 6.07) is 0. The predicted molar refractivity (Wildman–Crippen MR) is 50.8 cm³/mol. The number of hydrogen-bond donors (Lipinski definition) is 2. The molecule has 72 valence electrons. The van der Waals surface area contributed by atoms with E-state index in [0.29, 0.717) is 12.5 Å². The van der Waals surface area contributed by atoms with Gasteiger partial charge in [0.2, 0.25) is 0 Å². The van der Waals surface area contributed by atoms with Crippen molar-refractivity contribution in [3.05, 3.63) is 0 Å². The van der Waals surface area contributed by atoms with Crippen LogP contribution in [0, 0.1) is 11.3 Å². The number of aliphatic hydroxyl groups excluding tert-OH is 1. The monoisotopic (exact) mass is 171 g/mol. The fourth-order valence-electron chi connectivity index (χ4n) is 2.16. The third kappa shape index (κ3) is 1.99. The van der Waals surface area contributed by atoms with Crippen molar-refractivity contribution in [2.75, 3.05) is 13.2 Å². The second-order valence-corrected chi connectivity index (χ2v) is 4.35. The van der Waals surface area contributed by atoms with Gasteiger partial charge in [0.25, 0.3) is 0 Å². The zero-order chi connectivity index (χ0) is 9.03. The Morgan fingerprint density at radius 1 is 1.33 bits per heavy atom. The third-order valence-corrected chi connectivity index (χ3v) is 3.42. The van der Waals surface area contributed by atoms with E-state index in [0.717, 1.165) is 0 Å². The standard InChI is InChI=1S/C10H21NO/c1-10(7-11,8-12)9-5-3-2-4-6-9/h9,12H,2-8,11H2,1H3/t10-/m1/s1. The van der Waals surface area contributed by atoms with Gasteiger partial charge in [-0.1, -0.05) is 26.2 Å². The Hall–Kier alpha value is -0.0800. The molecule has 3 N–H and O–H groups in total. The molecule has 0 saturated heterocycles. The van der Waals surface area contributed by atoms with E-state index in [1.807, 2.05) is 0 Å². The summed E-state index contributed by atoms with van der Waals surface area (Å²) in [4.78, 5) is 0. The lowest BCUT2D eigenvalue weighted by molar-refractivity contribution is 0.0641. The fourth-order valence-corrected chi connectivity index (χ4v) is 2.16. The molecule has 0 unspecified atom stereocenters. The third-order valence-electron chi connectivity index (χ3n) is 3.42. The van der Waals surface area contributed by atoms with Crippen LogP contribution in [0.3, 0.4) is 0 Å². The van der Waals surface area contributed by atoms with Crippen LogP contribution in [0.1, 0.15) is 39.0 Å². The molecular weight excluding hydrogens is 150 g/mol. The molecule has 1 saturated carbocycles. The van der Waals surface area contributed by atoms with Gasteiger partial charge in [-0.2, -0.15) is 0 Å². The minimum absolute atomic E-state index is 0.0135. The molecule has 0 heterocycles. The van der Waals surface area contributed by atoms with Crippen molar-refractivity contribution in [2.45, 2.75) is 39.0 Å². The normalized spacial score (nSPS) is 25.2. The summed E-state index contributed by atoms with van der Waals surface area (Å²) in [5.74, 6) is 0.654. The summed E-state index contributed by atoms with van der Waals surface area (Å²) in [6.07, 6.45) is 6.52. The lowest BCUT2D eigenvalue weighted by atomic mass is 9.70. The highest BCUT2D eigenvalue weighted by atomic mass is 16.3. The van der Waals surface area contributed by atoms with E-state index in [1.54, 1.807) is 0 Å². The molecule has 1 aliphatic carbocycles. The Morgan fingerprint density at radius 2 is 1.92 bits per heavy atom. The molecule has 0 bridgehead atoms. The van der Waals surface area contributed by atoms with Gasteiger partial charge in [-0.15, -0.1) is 0 Å². The van der Waals surface area contributed by atoms with Crippen LogP contribution in [0.25, 0.3) is 0 Å². The molecule has 0 amide bonds. The molecule has 1 fully saturated rings. The van der Waals surface area contributed by atoms with Crippen molar-refractivity contribution in [1.82, 2.24) is 0 Å². The average molecular weight is 171 g/mol. The number of nitrogens with two attached hydrogens (primary N) is 1. The van der Waals surface area contributed by atoms with Gasteiger partial charge in [-0.05, 0) is 18.8 Å². The SMILES string of the molecule is C[C@@](CN)(CO)C1CCCCC1. The van der Waals surface area contributed by atoms with Crippen molar-refractivity contribution >= 4 is 0 Å². The van der Waals surface area contributed by atoms with Gasteiger partial charge in [0.15, 0.2) is 0 Å². The summed E-state index contributed by atoms with van der Waals surface area (Å²) in [7, 11) is 0. The molecule has 0 aromatic heterocycles. The lowest BCUT2D eigenvalue weighted by Gasteiger charge is -2.37. The first-order valence-corrected chi connectivity index (χ1v) is 5.04. The molecule has 2 heteroatoms. The summed E-state index contributed by atoms with van der Waals surface area (Å²) in [6.45, 7) is 2.98. The highest BCUT2D eigenvalue weighted by Crippen LogP contribution is 2.37. The zero-order valence-corrected chi connectivity index (χ0v) is 8.05. The second kappa shape index (κ2) is 4.24. The molecule has 1 aliphatic rings. The smallest absolute Gasteiger partial charge is 0.0499 e. The lowest BCUT2D eigenvalue weighted by Crippen LogP contribution is -2.39. The van der Waals surface area contributed by atoms with Gasteiger partial charge in [0, 0.05) is 18.6 Å². The average Bonchev–Trinajstić information content (AvgIpc) is 2.18. The Morgan fingerprint density at radius 3 is 2.33 bits per heavy atom. The van der Waals surface area contributed by atoms with Crippen molar-refractivity contribution in [2.24, 2.45) is 17.1 Å².